The monoisotopic (exact) mass is 427 g/mol. The van der Waals surface area contributed by atoms with E-state index in [1.807, 2.05) is 16.8 Å². The minimum atomic E-state index is -4.36. The molecule has 3 aromatic heterocycles. The number of rotatable bonds is 6. The second-order valence-corrected chi connectivity index (χ2v) is 7.83. The molecule has 1 fully saturated rings. The maximum Gasteiger partial charge on any atom is 0.406 e. The molecule has 0 spiro atoms. The highest BCUT2D eigenvalue weighted by molar-refractivity contribution is 7.09. The number of anilines is 1. The van der Waals surface area contributed by atoms with Crippen LogP contribution in [-0.4, -0.2) is 68.9 Å². The summed E-state index contributed by atoms with van der Waals surface area (Å²) in [6, 6.07) is 0. The molecule has 1 aliphatic heterocycles. The van der Waals surface area contributed by atoms with E-state index in [0.717, 1.165) is 9.44 Å². The predicted molar refractivity (Wildman–Crippen MR) is 102 cm³/mol. The van der Waals surface area contributed by atoms with Crippen LogP contribution < -0.4 is 4.90 Å². The number of fused-ring (bicyclic) bond motifs is 1. The third-order valence-electron chi connectivity index (χ3n) is 4.47. The van der Waals surface area contributed by atoms with Crippen molar-refractivity contribution in [1.82, 2.24) is 29.4 Å². The van der Waals surface area contributed by atoms with Crippen LogP contribution in [0.2, 0.25) is 0 Å². The minimum Gasteiger partial charge on any atom is -0.378 e. The van der Waals surface area contributed by atoms with Crippen molar-refractivity contribution in [3.8, 4) is 0 Å². The Morgan fingerprint density at radius 1 is 1.21 bits per heavy atom. The number of morpholine rings is 1. The van der Waals surface area contributed by atoms with Crippen molar-refractivity contribution in [3.63, 3.8) is 0 Å². The third kappa shape index (κ3) is 4.82. The van der Waals surface area contributed by atoms with Gasteiger partial charge in [0.1, 0.15) is 12.4 Å². The van der Waals surface area contributed by atoms with Gasteiger partial charge >= 0.3 is 6.18 Å². The van der Waals surface area contributed by atoms with Crippen LogP contribution in [0.4, 0.5) is 19.0 Å². The molecule has 0 amide bonds. The zero-order valence-electron chi connectivity index (χ0n) is 15.8. The first kappa shape index (κ1) is 20.0. The first-order valence-corrected chi connectivity index (χ1v) is 9.94. The molecule has 0 radical (unpaired) electrons. The molecule has 1 saturated heterocycles. The number of thiazole rings is 1. The largest absolute Gasteiger partial charge is 0.406 e. The fourth-order valence-corrected chi connectivity index (χ4v) is 3.91. The molecule has 0 bridgehead atoms. The fourth-order valence-electron chi connectivity index (χ4n) is 3.23. The molecule has 0 aromatic carbocycles. The van der Waals surface area contributed by atoms with Crippen LogP contribution in [0.15, 0.2) is 18.0 Å². The van der Waals surface area contributed by atoms with Gasteiger partial charge in [0.25, 0.3) is 0 Å². The number of nitrogens with zero attached hydrogens (tertiary/aromatic N) is 7. The van der Waals surface area contributed by atoms with Crippen LogP contribution in [0.5, 0.6) is 0 Å². The minimum absolute atomic E-state index is 0.194. The van der Waals surface area contributed by atoms with E-state index in [0.29, 0.717) is 56.6 Å². The van der Waals surface area contributed by atoms with Gasteiger partial charge in [-0.15, -0.1) is 11.3 Å². The maximum atomic E-state index is 13.0. The van der Waals surface area contributed by atoms with Gasteiger partial charge in [0.15, 0.2) is 17.0 Å². The summed E-state index contributed by atoms with van der Waals surface area (Å²) in [5.74, 6) is 1.01. The van der Waals surface area contributed by atoms with E-state index >= 15 is 0 Å². The average molecular weight is 427 g/mol. The molecule has 1 aliphatic rings. The molecule has 4 rings (SSSR count). The summed E-state index contributed by atoms with van der Waals surface area (Å²) in [4.78, 5) is 22.4. The van der Waals surface area contributed by atoms with Gasteiger partial charge in [0, 0.05) is 30.7 Å². The molecule has 3 aromatic rings. The summed E-state index contributed by atoms with van der Waals surface area (Å²) >= 11 is 1.55. The van der Waals surface area contributed by atoms with Crippen LogP contribution in [-0.2, 0) is 24.4 Å². The summed E-state index contributed by atoms with van der Waals surface area (Å²) in [5.41, 5.74) is 2.34. The van der Waals surface area contributed by atoms with Crippen molar-refractivity contribution in [2.45, 2.75) is 25.8 Å². The molecule has 0 saturated carbocycles. The molecule has 4 heterocycles. The van der Waals surface area contributed by atoms with Crippen LogP contribution >= 0.6 is 11.3 Å². The number of hydrogen-bond donors (Lipinski definition) is 0. The first-order chi connectivity index (χ1) is 13.9. The number of alkyl halides is 3. The normalized spacial score (nSPS) is 15.6. The summed E-state index contributed by atoms with van der Waals surface area (Å²) in [5, 5.41) is 0. The zero-order valence-corrected chi connectivity index (χ0v) is 16.6. The Labute approximate surface area is 169 Å². The van der Waals surface area contributed by atoms with Gasteiger partial charge < -0.3 is 14.2 Å². The Morgan fingerprint density at radius 2 is 2.00 bits per heavy atom. The van der Waals surface area contributed by atoms with Crippen LogP contribution in [0, 0.1) is 0 Å². The Balaban J connectivity index is 1.67. The molecule has 8 nitrogen and oxygen atoms in total. The Bertz CT molecular complexity index is 954. The molecule has 156 valence electrons. The van der Waals surface area contributed by atoms with E-state index in [9.17, 15) is 13.2 Å². The van der Waals surface area contributed by atoms with Crippen molar-refractivity contribution in [1.29, 1.82) is 0 Å². The number of aromatic nitrogens is 5. The van der Waals surface area contributed by atoms with Crippen molar-refractivity contribution in [2.75, 3.05) is 38.3 Å². The molecule has 0 aliphatic carbocycles. The van der Waals surface area contributed by atoms with Gasteiger partial charge in [0.2, 0.25) is 0 Å². The standard InChI is InChI=1S/C17H20F3N7OS/c1-25(7-12-6-21-11-29-12)8-13-23-15(26-2-4-28-5-3-26)14-16(24-13)27(10-22-14)9-17(18,19)20/h6,10-11H,2-5,7-9H2,1H3. The van der Waals surface area contributed by atoms with Crippen molar-refractivity contribution in [3.05, 3.63) is 28.7 Å². The highest BCUT2D eigenvalue weighted by Gasteiger charge is 2.30. The lowest BCUT2D eigenvalue weighted by Crippen LogP contribution is -2.37. The van der Waals surface area contributed by atoms with Gasteiger partial charge in [-0.1, -0.05) is 0 Å². The molecule has 0 atom stereocenters. The Kier molecular flexibility index (Phi) is 5.65. The van der Waals surface area contributed by atoms with Gasteiger partial charge in [-0.25, -0.2) is 15.0 Å². The van der Waals surface area contributed by atoms with E-state index in [-0.39, 0.29) is 5.65 Å². The van der Waals surface area contributed by atoms with E-state index < -0.39 is 12.7 Å². The summed E-state index contributed by atoms with van der Waals surface area (Å²) in [6.07, 6.45) is -1.38. The highest BCUT2D eigenvalue weighted by Crippen LogP contribution is 2.26. The maximum absolute atomic E-state index is 13.0. The topological polar surface area (TPSA) is 72.2 Å². The Hall–Kier alpha value is -2.31. The van der Waals surface area contributed by atoms with Crippen LogP contribution in [0.3, 0.4) is 0 Å². The van der Waals surface area contributed by atoms with Gasteiger partial charge in [-0.2, -0.15) is 13.2 Å². The second kappa shape index (κ2) is 8.20. The van der Waals surface area contributed by atoms with Gasteiger partial charge in [-0.05, 0) is 7.05 Å². The molecule has 0 unspecified atom stereocenters. The number of imidazole rings is 1. The highest BCUT2D eigenvalue weighted by atomic mass is 32.1. The number of halogens is 3. The van der Waals surface area contributed by atoms with Crippen LogP contribution in [0.25, 0.3) is 11.2 Å². The second-order valence-electron chi connectivity index (χ2n) is 6.86. The average Bonchev–Trinajstić information content (AvgIpc) is 3.31. The number of ether oxygens (including phenoxy) is 1. The summed E-state index contributed by atoms with van der Waals surface area (Å²) in [7, 11) is 1.91. The van der Waals surface area contributed by atoms with Crippen molar-refractivity contribution >= 4 is 28.3 Å². The number of hydrogen-bond acceptors (Lipinski definition) is 8. The lowest BCUT2D eigenvalue weighted by atomic mass is 10.3. The van der Waals surface area contributed by atoms with Crippen LogP contribution in [0.1, 0.15) is 10.7 Å². The Morgan fingerprint density at radius 3 is 2.69 bits per heavy atom. The molecular weight excluding hydrogens is 407 g/mol. The summed E-state index contributed by atoms with van der Waals surface area (Å²) < 4.78 is 45.4. The van der Waals surface area contributed by atoms with E-state index in [4.69, 9.17) is 4.74 Å². The predicted octanol–water partition coefficient (Wildman–Crippen LogP) is 2.31. The lowest BCUT2D eigenvalue weighted by molar-refractivity contribution is -0.140. The van der Waals surface area contributed by atoms with Gasteiger partial charge in [-0.3, -0.25) is 9.88 Å². The quantitative estimate of drug-likeness (QED) is 0.598. The smallest absolute Gasteiger partial charge is 0.378 e. The fraction of sp³-hybridized carbons (Fsp3) is 0.529. The first-order valence-electron chi connectivity index (χ1n) is 9.06. The van der Waals surface area contributed by atoms with Crippen molar-refractivity contribution < 1.29 is 17.9 Å². The zero-order chi connectivity index (χ0) is 20.4. The third-order valence-corrected chi connectivity index (χ3v) is 5.24. The summed E-state index contributed by atoms with van der Waals surface area (Å²) in [6.45, 7) is 2.19. The van der Waals surface area contributed by atoms with E-state index in [2.05, 4.69) is 19.9 Å². The molecular formula is C17H20F3N7OS. The van der Waals surface area contributed by atoms with Gasteiger partial charge in [0.05, 0.1) is 31.6 Å². The molecule has 29 heavy (non-hydrogen) atoms. The SMILES string of the molecule is CN(Cc1nc(N2CCOCC2)c2ncn(CC(F)(F)F)c2n1)Cc1cncs1. The molecule has 12 heteroatoms. The van der Waals surface area contributed by atoms with E-state index in [1.165, 1.54) is 6.33 Å². The van der Waals surface area contributed by atoms with E-state index in [1.54, 1.807) is 23.0 Å². The van der Waals surface area contributed by atoms with Crippen molar-refractivity contribution in [2.24, 2.45) is 0 Å². The molecule has 0 N–H and O–H groups in total. The lowest BCUT2D eigenvalue weighted by Gasteiger charge is -2.28.